The van der Waals surface area contributed by atoms with E-state index in [1.807, 2.05) is 0 Å². The third kappa shape index (κ3) is 4.92. The Morgan fingerprint density at radius 3 is 2.63 bits per heavy atom. The molecule has 0 bridgehead atoms. The highest BCUT2D eigenvalue weighted by Crippen LogP contribution is 2.32. The van der Waals surface area contributed by atoms with Crippen molar-refractivity contribution in [3.05, 3.63) is 29.3 Å². The Morgan fingerprint density at radius 1 is 1.42 bits per heavy atom. The largest absolute Gasteiger partial charge is 0.507 e. The van der Waals surface area contributed by atoms with Gasteiger partial charge in [-0.15, -0.1) is 0 Å². The number of nitrogens with one attached hydrogen (secondary N) is 1. The molecule has 0 aliphatic rings. The third-order valence-corrected chi connectivity index (χ3v) is 2.17. The molecule has 0 aliphatic heterocycles. The molecule has 1 aromatic carbocycles. The number of carbonyl (C=O) groups excluding carboxylic acids is 1. The van der Waals surface area contributed by atoms with Crippen LogP contribution in [-0.2, 0) is 11.0 Å². The van der Waals surface area contributed by atoms with Gasteiger partial charge in [0.25, 0.3) is 0 Å². The smallest absolute Gasteiger partial charge is 0.416 e. The predicted octanol–water partition coefficient (Wildman–Crippen LogP) is 2.29. The normalized spacial score (nSPS) is 10.5. The van der Waals surface area contributed by atoms with E-state index < -0.39 is 17.5 Å². The fourth-order valence-corrected chi connectivity index (χ4v) is 1.27. The van der Waals surface area contributed by atoms with E-state index in [-0.39, 0.29) is 11.5 Å². The first-order valence-corrected chi connectivity index (χ1v) is 5.44. The van der Waals surface area contributed by atoms with Crippen molar-refractivity contribution < 1.29 is 23.1 Å². The molecule has 0 saturated carbocycles. The van der Waals surface area contributed by atoms with Crippen LogP contribution in [0.3, 0.4) is 0 Å². The number of halogens is 3. The molecule has 0 unspecified atom stereocenters. The van der Waals surface area contributed by atoms with Gasteiger partial charge in [0.2, 0.25) is 5.91 Å². The molecule has 0 heterocycles. The molecule has 0 atom stereocenters. The highest BCUT2D eigenvalue weighted by molar-refractivity contribution is 5.72. The van der Waals surface area contributed by atoms with E-state index in [0.29, 0.717) is 19.0 Å². The second-order valence-corrected chi connectivity index (χ2v) is 3.76. The summed E-state index contributed by atoms with van der Waals surface area (Å²) in [7, 11) is 0. The number of phenols is 1. The van der Waals surface area contributed by atoms with Crippen LogP contribution in [0.1, 0.15) is 24.5 Å². The molecule has 19 heavy (non-hydrogen) atoms. The molecule has 1 rings (SSSR count). The molecule has 0 saturated heterocycles. The Bertz CT molecular complexity index is 527. The third-order valence-electron chi connectivity index (χ3n) is 2.17. The molecule has 102 valence electrons. The Labute approximate surface area is 108 Å². The fourth-order valence-electron chi connectivity index (χ4n) is 1.27. The Balaban J connectivity index is 2.71. The minimum Gasteiger partial charge on any atom is -0.507 e. The molecular weight excluding hydrogens is 259 g/mol. The molecule has 3 nitrogen and oxygen atoms in total. The quantitative estimate of drug-likeness (QED) is 0.640. The van der Waals surface area contributed by atoms with E-state index in [1.54, 1.807) is 0 Å². The van der Waals surface area contributed by atoms with Gasteiger partial charge in [0, 0.05) is 19.9 Å². The van der Waals surface area contributed by atoms with Gasteiger partial charge in [0.1, 0.15) is 5.75 Å². The van der Waals surface area contributed by atoms with Crippen LogP contribution >= 0.6 is 0 Å². The van der Waals surface area contributed by atoms with E-state index >= 15 is 0 Å². The summed E-state index contributed by atoms with van der Waals surface area (Å²) in [4.78, 5) is 10.6. The second-order valence-electron chi connectivity index (χ2n) is 3.76. The average molecular weight is 271 g/mol. The van der Waals surface area contributed by atoms with Crippen LogP contribution in [0.15, 0.2) is 18.2 Å². The van der Waals surface area contributed by atoms with Crippen LogP contribution < -0.4 is 5.32 Å². The van der Waals surface area contributed by atoms with Gasteiger partial charge >= 0.3 is 6.18 Å². The molecule has 0 aromatic heterocycles. The van der Waals surface area contributed by atoms with Crippen LogP contribution in [0.2, 0.25) is 0 Å². The van der Waals surface area contributed by atoms with Crippen molar-refractivity contribution in [2.45, 2.75) is 19.5 Å². The Kier molecular flexibility index (Phi) is 4.81. The maximum absolute atomic E-state index is 12.3. The summed E-state index contributed by atoms with van der Waals surface area (Å²) in [5, 5.41) is 11.9. The van der Waals surface area contributed by atoms with E-state index in [0.717, 1.165) is 12.1 Å². The SMILES string of the molecule is CC(=O)NCCC#Cc1ccc(C(F)(F)F)cc1O. The zero-order chi connectivity index (χ0) is 14.5. The van der Waals surface area contributed by atoms with Gasteiger partial charge < -0.3 is 10.4 Å². The standard InChI is InChI=1S/C13H12F3NO2/c1-9(18)17-7-3-2-4-10-5-6-11(8-12(10)19)13(14,15)16/h5-6,8,19H,3,7H2,1H3,(H,17,18). The lowest BCUT2D eigenvalue weighted by atomic mass is 10.1. The van der Waals surface area contributed by atoms with E-state index in [4.69, 9.17) is 0 Å². The van der Waals surface area contributed by atoms with Gasteiger partial charge in [0.15, 0.2) is 0 Å². The number of rotatable bonds is 2. The zero-order valence-corrected chi connectivity index (χ0v) is 10.1. The number of hydrogen-bond donors (Lipinski definition) is 2. The molecule has 6 heteroatoms. The molecule has 0 fully saturated rings. The summed E-state index contributed by atoms with van der Waals surface area (Å²) in [5.41, 5.74) is -0.801. The molecule has 1 amide bonds. The molecule has 1 aromatic rings. The lowest BCUT2D eigenvalue weighted by Gasteiger charge is -2.07. The minimum absolute atomic E-state index is 0.121. The first-order valence-electron chi connectivity index (χ1n) is 5.44. The Morgan fingerprint density at radius 2 is 2.11 bits per heavy atom. The first kappa shape index (κ1) is 14.9. The lowest BCUT2D eigenvalue weighted by Crippen LogP contribution is -2.20. The number of amides is 1. The van der Waals surface area contributed by atoms with Crippen molar-refractivity contribution >= 4 is 5.91 Å². The maximum atomic E-state index is 12.3. The number of aromatic hydroxyl groups is 1. The van der Waals surface area contributed by atoms with E-state index in [9.17, 15) is 23.1 Å². The molecule has 0 spiro atoms. The second kappa shape index (κ2) is 6.14. The van der Waals surface area contributed by atoms with Gasteiger partial charge in [-0.2, -0.15) is 13.2 Å². The van der Waals surface area contributed by atoms with Crippen molar-refractivity contribution in [1.82, 2.24) is 5.32 Å². The van der Waals surface area contributed by atoms with Crippen molar-refractivity contribution in [2.75, 3.05) is 6.54 Å². The molecule has 0 radical (unpaired) electrons. The van der Waals surface area contributed by atoms with Gasteiger partial charge in [-0.05, 0) is 18.2 Å². The van der Waals surface area contributed by atoms with Crippen molar-refractivity contribution in [3.63, 3.8) is 0 Å². The molecule has 0 aliphatic carbocycles. The average Bonchev–Trinajstić information content (AvgIpc) is 2.28. The number of benzene rings is 1. The first-order chi connectivity index (χ1) is 8.80. The number of hydrogen-bond acceptors (Lipinski definition) is 2. The van der Waals surface area contributed by atoms with Gasteiger partial charge in [-0.25, -0.2) is 0 Å². The van der Waals surface area contributed by atoms with Crippen LogP contribution in [-0.4, -0.2) is 17.6 Å². The predicted molar refractivity (Wildman–Crippen MR) is 63.3 cm³/mol. The monoisotopic (exact) mass is 271 g/mol. The summed E-state index contributed by atoms with van der Waals surface area (Å²) in [6.07, 6.45) is -4.14. The number of alkyl halides is 3. The number of carbonyl (C=O) groups is 1. The summed E-state index contributed by atoms with van der Waals surface area (Å²) < 4.78 is 37.0. The van der Waals surface area contributed by atoms with Crippen LogP contribution in [0, 0.1) is 11.8 Å². The summed E-state index contributed by atoms with van der Waals surface area (Å²) in [5.74, 6) is 4.50. The van der Waals surface area contributed by atoms with Crippen molar-refractivity contribution in [2.24, 2.45) is 0 Å². The van der Waals surface area contributed by atoms with Crippen LogP contribution in [0.25, 0.3) is 0 Å². The highest BCUT2D eigenvalue weighted by Gasteiger charge is 2.30. The molecule has 2 N–H and O–H groups in total. The van der Waals surface area contributed by atoms with Gasteiger partial charge in [-0.3, -0.25) is 4.79 Å². The zero-order valence-electron chi connectivity index (χ0n) is 10.1. The number of phenolic OH excluding ortho intramolecular Hbond substituents is 1. The van der Waals surface area contributed by atoms with Crippen molar-refractivity contribution in [3.8, 4) is 17.6 Å². The topological polar surface area (TPSA) is 49.3 Å². The Hall–Kier alpha value is -2.16. The van der Waals surface area contributed by atoms with Crippen LogP contribution in [0.4, 0.5) is 13.2 Å². The fraction of sp³-hybridized carbons (Fsp3) is 0.308. The van der Waals surface area contributed by atoms with E-state index in [1.165, 1.54) is 6.92 Å². The maximum Gasteiger partial charge on any atom is 0.416 e. The minimum atomic E-state index is -4.49. The summed E-state index contributed by atoms with van der Waals surface area (Å²) >= 11 is 0. The van der Waals surface area contributed by atoms with E-state index in [2.05, 4.69) is 17.2 Å². The lowest BCUT2D eigenvalue weighted by molar-refractivity contribution is -0.137. The van der Waals surface area contributed by atoms with Crippen molar-refractivity contribution in [1.29, 1.82) is 0 Å². The highest BCUT2D eigenvalue weighted by atomic mass is 19.4. The molecular formula is C13H12F3NO2. The van der Waals surface area contributed by atoms with Crippen LogP contribution in [0.5, 0.6) is 5.75 Å². The van der Waals surface area contributed by atoms with Gasteiger partial charge in [0.05, 0.1) is 11.1 Å². The summed E-state index contributed by atoms with van der Waals surface area (Å²) in [6, 6.07) is 2.61. The summed E-state index contributed by atoms with van der Waals surface area (Å²) in [6.45, 7) is 1.72. The van der Waals surface area contributed by atoms with Gasteiger partial charge in [-0.1, -0.05) is 11.8 Å².